The highest BCUT2D eigenvalue weighted by molar-refractivity contribution is 6.20. The van der Waals surface area contributed by atoms with Gasteiger partial charge in [0.25, 0.3) is 0 Å². The molecule has 16 heavy (non-hydrogen) atoms. The first kappa shape index (κ1) is 11.4. The molecule has 0 aliphatic rings. The predicted molar refractivity (Wildman–Crippen MR) is 67.0 cm³/mol. The first-order valence-corrected chi connectivity index (χ1v) is 5.71. The van der Waals surface area contributed by atoms with Crippen molar-refractivity contribution in [3.63, 3.8) is 0 Å². The average Bonchev–Trinajstić information content (AvgIpc) is 2.29. The molecule has 0 bridgehead atoms. The van der Waals surface area contributed by atoms with Gasteiger partial charge in [0.2, 0.25) is 0 Å². The van der Waals surface area contributed by atoms with Crippen molar-refractivity contribution >= 4 is 22.5 Å². The molecule has 1 atom stereocenters. The lowest BCUT2D eigenvalue weighted by Crippen LogP contribution is -2.11. The van der Waals surface area contributed by atoms with Crippen LogP contribution in [-0.2, 0) is 11.2 Å². The molecule has 0 N–H and O–H groups in total. The Morgan fingerprint density at radius 2 is 2.06 bits per heavy atom. The van der Waals surface area contributed by atoms with Crippen molar-refractivity contribution in [1.82, 2.24) is 4.98 Å². The summed E-state index contributed by atoms with van der Waals surface area (Å²) in [7, 11) is 1.66. The number of nitrogens with zero attached hydrogens (tertiary/aromatic N) is 1. The molecule has 0 amide bonds. The largest absolute Gasteiger partial charge is 0.383 e. The van der Waals surface area contributed by atoms with Gasteiger partial charge in [-0.05, 0) is 12.1 Å². The molecule has 2 rings (SSSR count). The van der Waals surface area contributed by atoms with E-state index >= 15 is 0 Å². The van der Waals surface area contributed by atoms with Crippen LogP contribution in [0.1, 0.15) is 5.69 Å². The van der Waals surface area contributed by atoms with E-state index in [2.05, 4.69) is 17.1 Å². The Morgan fingerprint density at radius 1 is 1.25 bits per heavy atom. The third-order valence-corrected chi connectivity index (χ3v) is 2.71. The molecule has 0 aliphatic carbocycles. The summed E-state index contributed by atoms with van der Waals surface area (Å²) in [5.74, 6) is 0. The summed E-state index contributed by atoms with van der Waals surface area (Å²) in [4.78, 5) is 4.56. The molecule has 0 saturated carbocycles. The standard InChI is InChI=1S/C13H14ClNO/c1-16-9-11(14)8-12-7-6-10-4-2-3-5-13(10)15-12/h2-7,11H,8-9H2,1H3. The Bertz CT molecular complexity index is 472. The van der Waals surface area contributed by atoms with Crippen molar-refractivity contribution in [2.24, 2.45) is 0 Å². The van der Waals surface area contributed by atoms with E-state index in [0.29, 0.717) is 6.61 Å². The number of pyridine rings is 1. The molecule has 0 aliphatic heterocycles. The number of halogens is 1. The fraction of sp³-hybridized carbons (Fsp3) is 0.308. The molecule has 1 unspecified atom stereocenters. The van der Waals surface area contributed by atoms with Crippen LogP contribution in [0, 0.1) is 0 Å². The van der Waals surface area contributed by atoms with Crippen LogP contribution >= 0.6 is 11.6 Å². The Balaban J connectivity index is 2.19. The molecule has 1 aromatic carbocycles. The van der Waals surface area contributed by atoms with E-state index < -0.39 is 0 Å². The summed E-state index contributed by atoms with van der Waals surface area (Å²) in [6.45, 7) is 0.552. The average molecular weight is 236 g/mol. The van der Waals surface area contributed by atoms with Crippen molar-refractivity contribution < 1.29 is 4.74 Å². The summed E-state index contributed by atoms with van der Waals surface area (Å²) in [5.41, 5.74) is 2.03. The van der Waals surface area contributed by atoms with Crippen molar-refractivity contribution in [3.8, 4) is 0 Å². The highest BCUT2D eigenvalue weighted by Gasteiger charge is 2.06. The van der Waals surface area contributed by atoms with E-state index in [1.807, 2.05) is 24.3 Å². The van der Waals surface area contributed by atoms with Gasteiger partial charge >= 0.3 is 0 Å². The van der Waals surface area contributed by atoms with Crippen molar-refractivity contribution in [2.75, 3.05) is 13.7 Å². The fourth-order valence-electron chi connectivity index (χ4n) is 1.69. The zero-order valence-corrected chi connectivity index (χ0v) is 9.95. The second kappa shape index (κ2) is 5.28. The number of benzene rings is 1. The predicted octanol–water partition coefficient (Wildman–Crippen LogP) is 3.03. The third kappa shape index (κ3) is 2.71. The number of alkyl halides is 1. The van der Waals surface area contributed by atoms with Gasteiger partial charge < -0.3 is 4.74 Å². The van der Waals surface area contributed by atoms with Gasteiger partial charge in [-0.15, -0.1) is 11.6 Å². The normalized spacial score (nSPS) is 12.9. The molecule has 3 heteroatoms. The molecular formula is C13H14ClNO. The van der Waals surface area contributed by atoms with E-state index in [0.717, 1.165) is 23.0 Å². The number of ether oxygens (including phenoxy) is 1. The highest BCUT2D eigenvalue weighted by Crippen LogP contribution is 2.14. The van der Waals surface area contributed by atoms with Crippen LogP contribution in [0.2, 0.25) is 0 Å². The minimum Gasteiger partial charge on any atom is -0.383 e. The molecule has 1 heterocycles. The monoisotopic (exact) mass is 235 g/mol. The molecule has 2 nitrogen and oxygen atoms in total. The van der Waals surface area contributed by atoms with Gasteiger partial charge in [0.05, 0.1) is 17.5 Å². The molecular weight excluding hydrogens is 222 g/mol. The quantitative estimate of drug-likeness (QED) is 0.760. The van der Waals surface area contributed by atoms with Crippen LogP contribution in [0.25, 0.3) is 10.9 Å². The van der Waals surface area contributed by atoms with Crippen LogP contribution in [0.4, 0.5) is 0 Å². The summed E-state index contributed by atoms with van der Waals surface area (Å²) in [5, 5.41) is 1.14. The van der Waals surface area contributed by atoms with Gasteiger partial charge in [0.1, 0.15) is 0 Å². The topological polar surface area (TPSA) is 22.1 Å². The van der Waals surface area contributed by atoms with Gasteiger partial charge in [-0.2, -0.15) is 0 Å². The lowest BCUT2D eigenvalue weighted by molar-refractivity contribution is 0.197. The lowest BCUT2D eigenvalue weighted by atomic mass is 10.1. The summed E-state index contributed by atoms with van der Waals surface area (Å²) < 4.78 is 5.00. The van der Waals surface area contributed by atoms with E-state index in [4.69, 9.17) is 16.3 Å². The minimum atomic E-state index is -0.0151. The number of hydrogen-bond acceptors (Lipinski definition) is 2. The van der Waals surface area contributed by atoms with Gasteiger partial charge in [-0.25, -0.2) is 0 Å². The third-order valence-electron chi connectivity index (χ3n) is 2.43. The number of fused-ring (bicyclic) bond motifs is 1. The summed E-state index contributed by atoms with van der Waals surface area (Å²) >= 11 is 6.10. The van der Waals surface area contributed by atoms with Crippen LogP contribution in [0.5, 0.6) is 0 Å². The maximum Gasteiger partial charge on any atom is 0.0705 e. The number of hydrogen-bond donors (Lipinski definition) is 0. The summed E-state index contributed by atoms with van der Waals surface area (Å²) in [6, 6.07) is 12.2. The zero-order chi connectivity index (χ0) is 11.4. The van der Waals surface area contributed by atoms with Gasteiger partial charge in [0, 0.05) is 24.6 Å². The minimum absolute atomic E-state index is 0.0151. The maximum atomic E-state index is 6.10. The second-order valence-electron chi connectivity index (χ2n) is 3.75. The molecule has 84 valence electrons. The van der Waals surface area contributed by atoms with E-state index in [1.165, 1.54) is 0 Å². The van der Waals surface area contributed by atoms with Crippen molar-refractivity contribution in [1.29, 1.82) is 0 Å². The molecule has 0 spiro atoms. The van der Waals surface area contributed by atoms with Crippen molar-refractivity contribution in [3.05, 3.63) is 42.1 Å². The fourth-order valence-corrected chi connectivity index (χ4v) is 1.97. The zero-order valence-electron chi connectivity index (χ0n) is 9.19. The first-order valence-electron chi connectivity index (χ1n) is 5.27. The van der Waals surface area contributed by atoms with Gasteiger partial charge in [0.15, 0.2) is 0 Å². The molecule has 0 radical (unpaired) electrons. The Kier molecular flexibility index (Phi) is 3.75. The van der Waals surface area contributed by atoms with Gasteiger partial charge in [-0.3, -0.25) is 4.98 Å². The van der Waals surface area contributed by atoms with Crippen LogP contribution in [0.3, 0.4) is 0 Å². The Morgan fingerprint density at radius 3 is 2.88 bits per heavy atom. The molecule has 0 saturated heterocycles. The molecule has 0 fully saturated rings. The SMILES string of the molecule is COCC(Cl)Cc1ccc2ccccc2n1. The lowest BCUT2D eigenvalue weighted by Gasteiger charge is -2.08. The second-order valence-corrected chi connectivity index (χ2v) is 4.37. The van der Waals surface area contributed by atoms with Crippen molar-refractivity contribution in [2.45, 2.75) is 11.8 Å². The molecule has 1 aromatic heterocycles. The Labute approximate surface area is 100 Å². The number of para-hydroxylation sites is 1. The maximum absolute atomic E-state index is 6.10. The molecule has 2 aromatic rings. The van der Waals surface area contributed by atoms with E-state index in [1.54, 1.807) is 7.11 Å². The number of rotatable bonds is 4. The van der Waals surface area contributed by atoms with Gasteiger partial charge in [-0.1, -0.05) is 24.3 Å². The summed E-state index contributed by atoms with van der Waals surface area (Å²) in [6.07, 6.45) is 0.736. The van der Waals surface area contributed by atoms with E-state index in [-0.39, 0.29) is 5.38 Å². The van der Waals surface area contributed by atoms with Crippen LogP contribution < -0.4 is 0 Å². The highest BCUT2D eigenvalue weighted by atomic mass is 35.5. The first-order chi connectivity index (χ1) is 7.79. The van der Waals surface area contributed by atoms with Crippen LogP contribution in [-0.4, -0.2) is 24.1 Å². The number of aromatic nitrogens is 1. The smallest absolute Gasteiger partial charge is 0.0705 e. The van der Waals surface area contributed by atoms with Crippen LogP contribution in [0.15, 0.2) is 36.4 Å². The van der Waals surface area contributed by atoms with E-state index in [9.17, 15) is 0 Å². The number of methoxy groups -OCH3 is 1. The Hall–Kier alpha value is -1.12.